The first kappa shape index (κ1) is 12.5. The molecule has 0 bridgehead atoms. The highest BCUT2D eigenvalue weighted by atomic mass is 16.5. The van der Waals surface area contributed by atoms with Gasteiger partial charge in [0.05, 0.1) is 0 Å². The third kappa shape index (κ3) is 2.51. The molecule has 3 heteroatoms. The highest BCUT2D eigenvalue weighted by molar-refractivity contribution is 5.88. The maximum absolute atomic E-state index is 8.30. The lowest BCUT2D eigenvalue weighted by Gasteiger charge is -2.36. The lowest BCUT2D eigenvalue weighted by atomic mass is 9.99. The molecule has 1 N–H and O–H groups in total. The van der Waals surface area contributed by atoms with Crippen molar-refractivity contribution in [1.82, 2.24) is 4.90 Å². The fraction of sp³-hybridized carbons (Fsp3) is 0.917. The molecule has 0 heterocycles. The topological polar surface area (TPSA) is 36.3 Å². The second-order valence-corrected chi connectivity index (χ2v) is 4.16. The Morgan fingerprint density at radius 1 is 1.20 bits per heavy atom. The van der Waals surface area contributed by atoms with Crippen LogP contribution in [0.2, 0.25) is 0 Å². The van der Waals surface area contributed by atoms with E-state index < -0.39 is 0 Å². The Morgan fingerprint density at radius 2 is 1.73 bits per heavy atom. The summed E-state index contributed by atoms with van der Waals surface area (Å²) in [5, 5.41) is 8.30. The highest BCUT2D eigenvalue weighted by Gasteiger charge is 2.40. The SMILES string of the molecule is CCOC1(C(=N)N(CC)CC)CCCC1. The zero-order chi connectivity index (χ0) is 11.3. The van der Waals surface area contributed by atoms with E-state index in [0.29, 0.717) is 12.4 Å². The van der Waals surface area contributed by atoms with E-state index in [1.807, 2.05) is 6.92 Å². The third-order valence-corrected chi connectivity index (χ3v) is 3.34. The van der Waals surface area contributed by atoms with Crippen LogP contribution < -0.4 is 0 Å². The van der Waals surface area contributed by atoms with Gasteiger partial charge in [-0.05, 0) is 46.5 Å². The van der Waals surface area contributed by atoms with E-state index in [4.69, 9.17) is 10.1 Å². The van der Waals surface area contributed by atoms with E-state index >= 15 is 0 Å². The van der Waals surface area contributed by atoms with Gasteiger partial charge in [-0.2, -0.15) is 0 Å². The number of amidine groups is 1. The van der Waals surface area contributed by atoms with Gasteiger partial charge in [-0.3, -0.25) is 5.41 Å². The van der Waals surface area contributed by atoms with Gasteiger partial charge in [0.15, 0.2) is 0 Å². The van der Waals surface area contributed by atoms with Crippen molar-refractivity contribution in [2.75, 3.05) is 19.7 Å². The molecule has 0 aromatic heterocycles. The molecule has 0 aromatic rings. The van der Waals surface area contributed by atoms with Crippen molar-refractivity contribution in [1.29, 1.82) is 5.41 Å². The fourth-order valence-electron chi connectivity index (χ4n) is 2.50. The van der Waals surface area contributed by atoms with Crippen molar-refractivity contribution >= 4 is 5.84 Å². The van der Waals surface area contributed by atoms with Crippen LogP contribution in [0.1, 0.15) is 46.5 Å². The minimum absolute atomic E-state index is 0.263. The molecule has 0 atom stereocenters. The lowest BCUT2D eigenvalue weighted by molar-refractivity contribution is 0.0110. The molecule has 1 rings (SSSR count). The predicted molar refractivity (Wildman–Crippen MR) is 63.5 cm³/mol. The predicted octanol–water partition coefficient (Wildman–Crippen LogP) is 2.65. The second-order valence-electron chi connectivity index (χ2n) is 4.16. The summed E-state index contributed by atoms with van der Waals surface area (Å²) in [7, 11) is 0. The van der Waals surface area contributed by atoms with E-state index in [2.05, 4.69) is 18.7 Å². The normalized spacial score (nSPS) is 19.1. The summed E-state index contributed by atoms with van der Waals surface area (Å²) < 4.78 is 5.87. The van der Waals surface area contributed by atoms with E-state index in [-0.39, 0.29) is 5.60 Å². The molecule has 1 fully saturated rings. The van der Waals surface area contributed by atoms with Crippen LogP contribution >= 0.6 is 0 Å². The fourth-order valence-corrected chi connectivity index (χ4v) is 2.50. The molecule has 88 valence electrons. The minimum Gasteiger partial charge on any atom is -0.367 e. The molecular formula is C12H24N2O. The van der Waals surface area contributed by atoms with E-state index in [9.17, 15) is 0 Å². The number of nitrogens with one attached hydrogen (secondary N) is 1. The number of rotatable bonds is 5. The van der Waals surface area contributed by atoms with Gasteiger partial charge in [0.25, 0.3) is 0 Å². The summed E-state index contributed by atoms with van der Waals surface area (Å²) in [6.45, 7) is 8.76. The summed E-state index contributed by atoms with van der Waals surface area (Å²) in [6, 6.07) is 0. The van der Waals surface area contributed by atoms with E-state index in [0.717, 1.165) is 25.9 Å². The molecule has 0 aromatic carbocycles. The number of ether oxygens (including phenoxy) is 1. The van der Waals surface area contributed by atoms with Gasteiger partial charge < -0.3 is 9.64 Å². The van der Waals surface area contributed by atoms with Gasteiger partial charge in [0.2, 0.25) is 0 Å². The first-order chi connectivity index (χ1) is 7.20. The van der Waals surface area contributed by atoms with Gasteiger partial charge in [0, 0.05) is 19.7 Å². The largest absolute Gasteiger partial charge is 0.367 e. The first-order valence-corrected chi connectivity index (χ1v) is 6.18. The zero-order valence-electron chi connectivity index (χ0n) is 10.3. The molecule has 1 aliphatic rings. The molecule has 0 spiro atoms. The molecule has 0 aliphatic heterocycles. The van der Waals surface area contributed by atoms with Gasteiger partial charge in [-0.25, -0.2) is 0 Å². The Hall–Kier alpha value is -0.570. The van der Waals surface area contributed by atoms with Crippen LogP contribution in [-0.2, 0) is 4.74 Å². The summed E-state index contributed by atoms with van der Waals surface area (Å²) in [5.41, 5.74) is -0.263. The molecule has 0 unspecified atom stereocenters. The zero-order valence-corrected chi connectivity index (χ0v) is 10.3. The standard InChI is InChI=1S/C12H24N2O/c1-4-14(5-2)11(13)12(15-6-3)9-7-8-10-12/h13H,4-10H2,1-3H3. The maximum Gasteiger partial charge on any atom is 0.129 e. The summed E-state index contributed by atoms with van der Waals surface area (Å²) in [5.74, 6) is 0.701. The van der Waals surface area contributed by atoms with E-state index in [1.165, 1.54) is 12.8 Å². The monoisotopic (exact) mass is 212 g/mol. The van der Waals surface area contributed by atoms with Crippen LogP contribution in [0.25, 0.3) is 0 Å². The second kappa shape index (κ2) is 5.50. The van der Waals surface area contributed by atoms with Crippen molar-refractivity contribution in [2.24, 2.45) is 0 Å². The van der Waals surface area contributed by atoms with Crippen LogP contribution in [0.5, 0.6) is 0 Å². The molecule has 1 aliphatic carbocycles. The van der Waals surface area contributed by atoms with Crippen molar-refractivity contribution in [3.63, 3.8) is 0 Å². The average Bonchev–Trinajstić information content (AvgIpc) is 2.70. The van der Waals surface area contributed by atoms with Crippen LogP contribution in [0.3, 0.4) is 0 Å². The number of hydrogen-bond donors (Lipinski definition) is 1. The molecule has 1 saturated carbocycles. The summed E-state index contributed by atoms with van der Waals surface area (Å²) >= 11 is 0. The summed E-state index contributed by atoms with van der Waals surface area (Å²) in [4.78, 5) is 2.11. The van der Waals surface area contributed by atoms with Crippen molar-refractivity contribution in [3.05, 3.63) is 0 Å². The van der Waals surface area contributed by atoms with Crippen molar-refractivity contribution < 1.29 is 4.74 Å². The quantitative estimate of drug-likeness (QED) is 0.562. The van der Waals surface area contributed by atoms with Gasteiger partial charge in [0.1, 0.15) is 11.4 Å². The van der Waals surface area contributed by atoms with Gasteiger partial charge >= 0.3 is 0 Å². The van der Waals surface area contributed by atoms with Crippen LogP contribution in [0, 0.1) is 5.41 Å². The summed E-state index contributed by atoms with van der Waals surface area (Å²) in [6.07, 6.45) is 4.44. The van der Waals surface area contributed by atoms with E-state index in [1.54, 1.807) is 0 Å². The molecule has 15 heavy (non-hydrogen) atoms. The Bertz CT molecular complexity index is 206. The Labute approximate surface area is 93.3 Å². The van der Waals surface area contributed by atoms with Crippen LogP contribution in [-0.4, -0.2) is 36.0 Å². The molecule has 0 radical (unpaired) electrons. The third-order valence-electron chi connectivity index (χ3n) is 3.34. The molecular weight excluding hydrogens is 188 g/mol. The molecule has 0 amide bonds. The van der Waals surface area contributed by atoms with Crippen LogP contribution in [0.4, 0.5) is 0 Å². The van der Waals surface area contributed by atoms with Crippen molar-refractivity contribution in [2.45, 2.75) is 52.1 Å². The minimum atomic E-state index is -0.263. The first-order valence-electron chi connectivity index (χ1n) is 6.18. The van der Waals surface area contributed by atoms with Gasteiger partial charge in [-0.1, -0.05) is 0 Å². The molecule has 0 saturated heterocycles. The number of nitrogens with zero attached hydrogens (tertiary/aromatic N) is 1. The van der Waals surface area contributed by atoms with Crippen molar-refractivity contribution in [3.8, 4) is 0 Å². The Balaban J connectivity index is 2.74. The number of likely N-dealkylation sites (N-methyl/N-ethyl adjacent to an activating group) is 1. The molecule has 3 nitrogen and oxygen atoms in total. The Kier molecular flexibility index (Phi) is 4.58. The smallest absolute Gasteiger partial charge is 0.129 e. The van der Waals surface area contributed by atoms with Crippen LogP contribution in [0.15, 0.2) is 0 Å². The lowest BCUT2D eigenvalue weighted by Crippen LogP contribution is -2.48. The Morgan fingerprint density at radius 3 is 2.13 bits per heavy atom. The van der Waals surface area contributed by atoms with Gasteiger partial charge in [-0.15, -0.1) is 0 Å². The maximum atomic E-state index is 8.30. The average molecular weight is 212 g/mol. The highest BCUT2D eigenvalue weighted by Crippen LogP contribution is 2.35. The number of hydrogen-bond acceptors (Lipinski definition) is 2.